The fourth-order valence-electron chi connectivity index (χ4n) is 4.21. The molecule has 0 bridgehead atoms. The van der Waals surface area contributed by atoms with Gasteiger partial charge in [0, 0.05) is 25.7 Å². The molecule has 1 atom stereocenters. The first-order valence-electron chi connectivity index (χ1n) is 11.1. The monoisotopic (exact) mass is 462 g/mol. The van der Waals surface area contributed by atoms with Crippen LogP contribution in [-0.2, 0) is 14.3 Å². The van der Waals surface area contributed by atoms with E-state index in [-0.39, 0.29) is 24.0 Å². The highest BCUT2D eigenvalue weighted by molar-refractivity contribution is 6.39. The van der Waals surface area contributed by atoms with Gasteiger partial charge in [-0.15, -0.1) is 0 Å². The molecule has 9 nitrogen and oxygen atoms in total. The quantitative estimate of drug-likeness (QED) is 0.330. The molecule has 3 aromatic carbocycles. The number of nitro groups is 1. The summed E-state index contributed by atoms with van der Waals surface area (Å²) >= 11 is 0. The van der Waals surface area contributed by atoms with Gasteiger partial charge in [0.05, 0.1) is 24.2 Å². The molecule has 4 rings (SSSR count). The van der Waals surface area contributed by atoms with E-state index in [4.69, 9.17) is 4.74 Å². The van der Waals surface area contributed by atoms with E-state index in [1.165, 1.54) is 12.1 Å². The average molecular weight is 463 g/mol. The fraction of sp³-hybridized carbons (Fsp3) is 0.280. The Morgan fingerprint density at radius 3 is 2.56 bits per heavy atom. The van der Waals surface area contributed by atoms with Crippen molar-refractivity contribution in [3.8, 4) is 0 Å². The molecule has 0 radical (unpaired) electrons. The fourth-order valence-corrected chi connectivity index (χ4v) is 4.21. The van der Waals surface area contributed by atoms with Crippen molar-refractivity contribution in [2.75, 3.05) is 38.2 Å². The first-order chi connectivity index (χ1) is 16.4. The van der Waals surface area contributed by atoms with Crippen LogP contribution in [0.4, 0.5) is 11.4 Å². The molecule has 0 aromatic heterocycles. The van der Waals surface area contributed by atoms with Crippen molar-refractivity contribution in [1.29, 1.82) is 0 Å². The van der Waals surface area contributed by atoms with Gasteiger partial charge >= 0.3 is 11.8 Å². The summed E-state index contributed by atoms with van der Waals surface area (Å²) in [4.78, 5) is 38.1. The van der Waals surface area contributed by atoms with Gasteiger partial charge in [0.15, 0.2) is 0 Å². The molecule has 0 saturated carbocycles. The zero-order valence-corrected chi connectivity index (χ0v) is 18.8. The highest BCUT2D eigenvalue weighted by Gasteiger charge is 2.26. The number of morpholine rings is 1. The van der Waals surface area contributed by atoms with Crippen molar-refractivity contribution < 1.29 is 19.2 Å². The van der Waals surface area contributed by atoms with Crippen molar-refractivity contribution >= 4 is 34.0 Å². The number of amides is 2. The molecule has 1 fully saturated rings. The molecule has 176 valence electrons. The number of nitrogens with one attached hydrogen (secondary N) is 2. The lowest BCUT2D eigenvalue weighted by molar-refractivity contribution is -0.384. The first-order valence-corrected chi connectivity index (χ1v) is 11.1. The van der Waals surface area contributed by atoms with Crippen molar-refractivity contribution in [2.45, 2.75) is 13.0 Å². The maximum atomic E-state index is 12.6. The van der Waals surface area contributed by atoms with E-state index in [1.807, 2.05) is 42.5 Å². The predicted molar refractivity (Wildman–Crippen MR) is 129 cm³/mol. The van der Waals surface area contributed by atoms with E-state index in [1.54, 1.807) is 13.0 Å². The lowest BCUT2D eigenvalue weighted by Gasteiger charge is -2.35. The number of carbonyl (C=O) groups is 2. The Labute approximate surface area is 196 Å². The molecule has 3 aromatic rings. The number of nitrogens with zero attached hydrogens (tertiary/aromatic N) is 2. The zero-order valence-electron chi connectivity index (χ0n) is 18.8. The van der Waals surface area contributed by atoms with Crippen molar-refractivity contribution in [1.82, 2.24) is 10.2 Å². The number of fused-ring (bicyclic) bond motifs is 1. The Hall–Kier alpha value is -3.82. The number of benzene rings is 3. The van der Waals surface area contributed by atoms with Gasteiger partial charge in [-0.1, -0.05) is 48.5 Å². The third-order valence-electron chi connectivity index (χ3n) is 5.93. The molecule has 1 heterocycles. The number of aryl methyl sites for hydroxylation is 1. The molecule has 1 saturated heterocycles. The molecule has 2 N–H and O–H groups in total. The summed E-state index contributed by atoms with van der Waals surface area (Å²) in [5, 5.41) is 18.6. The summed E-state index contributed by atoms with van der Waals surface area (Å²) in [5.41, 5.74) is 1.45. The Bertz CT molecular complexity index is 1220. The lowest BCUT2D eigenvalue weighted by atomic mass is 9.97. The topological polar surface area (TPSA) is 114 Å². The zero-order chi connectivity index (χ0) is 24.1. The summed E-state index contributed by atoms with van der Waals surface area (Å²) in [6.07, 6.45) is 0. The third-order valence-corrected chi connectivity index (χ3v) is 5.93. The number of carbonyl (C=O) groups excluding carboxylic acids is 2. The van der Waals surface area contributed by atoms with Gasteiger partial charge in [-0.2, -0.15) is 0 Å². The number of rotatable bonds is 6. The van der Waals surface area contributed by atoms with Gasteiger partial charge in [-0.25, -0.2) is 0 Å². The minimum atomic E-state index is -0.953. The van der Waals surface area contributed by atoms with E-state index in [0.717, 1.165) is 16.3 Å². The van der Waals surface area contributed by atoms with Gasteiger partial charge < -0.3 is 15.4 Å². The van der Waals surface area contributed by atoms with Crippen LogP contribution in [0.3, 0.4) is 0 Å². The second-order valence-corrected chi connectivity index (χ2v) is 8.17. The molecular formula is C25H26N4O5. The Kier molecular flexibility index (Phi) is 7.15. The van der Waals surface area contributed by atoms with Crippen LogP contribution < -0.4 is 10.6 Å². The Morgan fingerprint density at radius 2 is 1.79 bits per heavy atom. The van der Waals surface area contributed by atoms with E-state index in [9.17, 15) is 19.7 Å². The van der Waals surface area contributed by atoms with Gasteiger partial charge in [0.25, 0.3) is 5.69 Å². The van der Waals surface area contributed by atoms with Crippen LogP contribution >= 0.6 is 0 Å². The molecule has 1 aliphatic rings. The molecule has 34 heavy (non-hydrogen) atoms. The molecule has 0 spiro atoms. The summed E-state index contributed by atoms with van der Waals surface area (Å²) in [6, 6.07) is 18.3. The van der Waals surface area contributed by atoms with Crippen LogP contribution in [0, 0.1) is 17.0 Å². The van der Waals surface area contributed by atoms with Crippen LogP contribution in [0.1, 0.15) is 17.2 Å². The van der Waals surface area contributed by atoms with Gasteiger partial charge in [0.2, 0.25) is 0 Å². The predicted octanol–water partition coefficient (Wildman–Crippen LogP) is 3.18. The number of anilines is 1. The van der Waals surface area contributed by atoms with Crippen LogP contribution in [0.5, 0.6) is 0 Å². The highest BCUT2D eigenvalue weighted by Crippen LogP contribution is 2.29. The van der Waals surface area contributed by atoms with E-state index >= 15 is 0 Å². The van der Waals surface area contributed by atoms with Crippen LogP contribution in [0.15, 0.2) is 60.7 Å². The van der Waals surface area contributed by atoms with E-state index in [2.05, 4.69) is 15.5 Å². The van der Waals surface area contributed by atoms with Crippen molar-refractivity contribution in [3.05, 3.63) is 81.9 Å². The lowest BCUT2D eigenvalue weighted by Crippen LogP contribution is -2.45. The summed E-state index contributed by atoms with van der Waals surface area (Å²) < 4.78 is 5.49. The van der Waals surface area contributed by atoms with Gasteiger partial charge in [0.1, 0.15) is 5.69 Å². The molecule has 0 unspecified atom stereocenters. The molecule has 1 aliphatic heterocycles. The molecule has 9 heteroatoms. The second-order valence-electron chi connectivity index (χ2n) is 8.17. The molecular weight excluding hydrogens is 436 g/mol. The number of ether oxygens (including phenoxy) is 1. The standard InChI is InChI=1S/C25H26N4O5/c1-17-9-10-21(22(15-17)29(32)33)27-25(31)24(30)26-16-23(28-11-13-34-14-12-28)20-8-4-6-18-5-2-3-7-19(18)20/h2-10,15,23H,11-14,16H2,1H3,(H,26,30)(H,27,31)/t23-/m1/s1. The van der Waals surface area contributed by atoms with Crippen LogP contribution in [0.2, 0.25) is 0 Å². The van der Waals surface area contributed by atoms with E-state index < -0.39 is 16.7 Å². The third kappa shape index (κ3) is 5.22. The smallest absolute Gasteiger partial charge is 0.313 e. The van der Waals surface area contributed by atoms with Crippen molar-refractivity contribution in [3.63, 3.8) is 0 Å². The largest absolute Gasteiger partial charge is 0.379 e. The number of hydrogen-bond donors (Lipinski definition) is 2. The highest BCUT2D eigenvalue weighted by atomic mass is 16.6. The van der Waals surface area contributed by atoms with Crippen molar-refractivity contribution in [2.24, 2.45) is 0 Å². The Balaban J connectivity index is 1.52. The number of hydrogen-bond acceptors (Lipinski definition) is 6. The first kappa shape index (κ1) is 23.3. The Morgan fingerprint density at radius 1 is 1.06 bits per heavy atom. The minimum Gasteiger partial charge on any atom is -0.379 e. The number of nitro benzene ring substituents is 1. The second kappa shape index (κ2) is 10.4. The van der Waals surface area contributed by atoms with Crippen LogP contribution in [-0.4, -0.2) is 54.5 Å². The molecule has 0 aliphatic carbocycles. The van der Waals surface area contributed by atoms with Gasteiger partial charge in [-0.3, -0.25) is 24.6 Å². The SMILES string of the molecule is Cc1ccc(NC(=O)C(=O)NC[C@H](c2cccc3ccccc23)N2CCOCC2)c([N+](=O)[O-])c1. The van der Waals surface area contributed by atoms with Gasteiger partial charge in [-0.05, 0) is 34.9 Å². The average Bonchev–Trinajstić information content (AvgIpc) is 2.85. The van der Waals surface area contributed by atoms with Crippen LogP contribution in [0.25, 0.3) is 10.8 Å². The van der Waals surface area contributed by atoms with E-state index in [0.29, 0.717) is 31.9 Å². The molecule has 2 amide bonds. The maximum absolute atomic E-state index is 12.6. The normalized spacial score (nSPS) is 15.0. The maximum Gasteiger partial charge on any atom is 0.313 e. The summed E-state index contributed by atoms with van der Waals surface area (Å²) in [5.74, 6) is -1.81. The summed E-state index contributed by atoms with van der Waals surface area (Å²) in [7, 11) is 0. The minimum absolute atomic E-state index is 0.0190. The summed E-state index contributed by atoms with van der Waals surface area (Å²) in [6.45, 7) is 4.50.